The summed E-state index contributed by atoms with van der Waals surface area (Å²) in [4.78, 5) is 27.8. The predicted molar refractivity (Wildman–Crippen MR) is 133 cm³/mol. The van der Waals surface area contributed by atoms with Gasteiger partial charge in [-0.15, -0.1) is 0 Å². The van der Waals surface area contributed by atoms with Crippen LogP contribution in [0.5, 0.6) is 5.75 Å². The van der Waals surface area contributed by atoms with E-state index < -0.39 is 6.04 Å². The third-order valence-electron chi connectivity index (χ3n) is 5.46. The lowest BCUT2D eigenvalue weighted by Crippen LogP contribution is -2.50. The summed E-state index contributed by atoms with van der Waals surface area (Å²) in [5.41, 5.74) is 4.23. The molecule has 174 valence electrons. The number of nitrogens with zero attached hydrogens (tertiary/aromatic N) is 1. The first-order chi connectivity index (χ1) is 15.3. The second-order valence-electron chi connectivity index (χ2n) is 8.24. The minimum atomic E-state index is -0.544. The summed E-state index contributed by atoms with van der Waals surface area (Å²) in [7, 11) is 0. The summed E-state index contributed by atoms with van der Waals surface area (Å²) in [6.07, 6.45) is 2.45. The number of hydrogen-bond donors (Lipinski definition) is 1. The molecule has 2 rings (SSSR count). The molecule has 2 amide bonds. The average molecular weight is 503 g/mol. The monoisotopic (exact) mass is 502 g/mol. The van der Waals surface area contributed by atoms with Crippen molar-refractivity contribution < 1.29 is 14.3 Å². The standard InChI is InChI=1S/C26H35BrN2O3/c1-6-8-13-28-26(31)23(7-2)29(16-21-11-9-18(3)10-12-21)24(30)17-32-22-14-19(4)25(27)20(5)15-22/h9-12,14-15,23H,6-8,13,16-17H2,1-5H3,(H,28,31)/t23-/m1/s1. The van der Waals surface area contributed by atoms with E-state index in [0.717, 1.165) is 39.6 Å². The number of halogens is 1. The van der Waals surface area contributed by atoms with Gasteiger partial charge in [-0.05, 0) is 62.4 Å². The van der Waals surface area contributed by atoms with Gasteiger partial charge in [-0.25, -0.2) is 0 Å². The zero-order valence-electron chi connectivity index (χ0n) is 19.8. The Morgan fingerprint density at radius 3 is 2.25 bits per heavy atom. The average Bonchev–Trinajstić information content (AvgIpc) is 2.77. The molecule has 0 heterocycles. The van der Waals surface area contributed by atoms with Crippen LogP contribution in [0.3, 0.4) is 0 Å². The second kappa shape index (κ2) is 12.6. The number of amides is 2. The van der Waals surface area contributed by atoms with Gasteiger partial charge in [-0.1, -0.05) is 66.0 Å². The molecular weight excluding hydrogens is 468 g/mol. The van der Waals surface area contributed by atoms with Crippen molar-refractivity contribution in [2.24, 2.45) is 0 Å². The highest BCUT2D eigenvalue weighted by molar-refractivity contribution is 9.10. The summed E-state index contributed by atoms with van der Waals surface area (Å²) in [6, 6.07) is 11.3. The highest BCUT2D eigenvalue weighted by Crippen LogP contribution is 2.26. The van der Waals surface area contributed by atoms with E-state index in [1.807, 2.05) is 64.1 Å². The number of carbonyl (C=O) groups is 2. The fraction of sp³-hybridized carbons (Fsp3) is 0.462. The number of ether oxygens (including phenoxy) is 1. The molecular formula is C26H35BrN2O3. The number of carbonyl (C=O) groups excluding carboxylic acids is 2. The van der Waals surface area contributed by atoms with Crippen LogP contribution in [-0.2, 0) is 16.1 Å². The molecule has 5 nitrogen and oxygen atoms in total. The highest BCUT2D eigenvalue weighted by atomic mass is 79.9. The minimum Gasteiger partial charge on any atom is -0.484 e. The maximum absolute atomic E-state index is 13.3. The summed E-state index contributed by atoms with van der Waals surface area (Å²) < 4.78 is 6.89. The lowest BCUT2D eigenvalue weighted by Gasteiger charge is -2.30. The van der Waals surface area contributed by atoms with Crippen LogP contribution in [0.4, 0.5) is 0 Å². The van der Waals surface area contributed by atoms with Gasteiger partial charge in [0.05, 0.1) is 0 Å². The molecule has 2 aromatic rings. The molecule has 32 heavy (non-hydrogen) atoms. The van der Waals surface area contributed by atoms with Crippen molar-refractivity contribution in [3.05, 3.63) is 63.1 Å². The Hall–Kier alpha value is -2.34. The Bertz CT molecular complexity index is 889. The molecule has 1 atom stereocenters. The van der Waals surface area contributed by atoms with Crippen molar-refractivity contribution in [1.29, 1.82) is 0 Å². The van der Waals surface area contributed by atoms with Crippen LogP contribution in [0.15, 0.2) is 40.9 Å². The van der Waals surface area contributed by atoms with Gasteiger partial charge in [0, 0.05) is 17.6 Å². The van der Waals surface area contributed by atoms with Crippen LogP contribution in [0.25, 0.3) is 0 Å². The molecule has 0 saturated carbocycles. The summed E-state index contributed by atoms with van der Waals surface area (Å²) in [6.45, 7) is 10.9. The van der Waals surface area contributed by atoms with Gasteiger partial charge in [0.2, 0.25) is 5.91 Å². The van der Waals surface area contributed by atoms with Crippen molar-refractivity contribution in [3.8, 4) is 5.75 Å². The van der Waals surface area contributed by atoms with Gasteiger partial charge in [-0.2, -0.15) is 0 Å². The molecule has 0 aliphatic heterocycles. The zero-order valence-corrected chi connectivity index (χ0v) is 21.4. The van der Waals surface area contributed by atoms with E-state index in [4.69, 9.17) is 4.74 Å². The number of benzene rings is 2. The Labute approximate surface area is 200 Å². The van der Waals surface area contributed by atoms with E-state index in [0.29, 0.717) is 25.3 Å². The van der Waals surface area contributed by atoms with Crippen molar-refractivity contribution in [2.75, 3.05) is 13.2 Å². The molecule has 0 aliphatic rings. The molecule has 6 heteroatoms. The first-order valence-electron chi connectivity index (χ1n) is 11.3. The Morgan fingerprint density at radius 2 is 1.69 bits per heavy atom. The molecule has 0 aromatic heterocycles. The third kappa shape index (κ3) is 7.37. The van der Waals surface area contributed by atoms with E-state index in [1.165, 1.54) is 0 Å². The van der Waals surface area contributed by atoms with E-state index in [-0.39, 0.29) is 18.4 Å². The smallest absolute Gasteiger partial charge is 0.261 e. The van der Waals surface area contributed by atoms with Gasteiger partial charge < -0.3 is 15.0 Å². The third-order valence-corrected chi connectivity index (χ3v) is 6.71. The molecule has 0 radical (unpaired) electrons. The van der Waals surface area contributed by atoms with Crippen LogP contribution < -0.4 is 10.1 Å². The van der Waals surface area contributed by atoms with Crippen LogP contribution in [0.2, 0.25) is 0 Å². The Morgan fingerprint density at radius 1 is 1.06 bits per heavy atom. The zero-order chi connectivity index (χ0) is 23.7. The van der Waals surface area contributed by atoms with Crippen LogP contribution >= 0.6 is 15.9 Å². The normalized spacial score (nSPS) is 11.7. The van der Waals surface area contributed by atoms with Gasteiger partial charge in [0.1, 0.15) is 11.8 Å². The fourth-order valence-electron chi connectivity index (χ4n) is 3.53. The van der Waals surface area contributed by atoms with E-state index in [9.17, 15) is 9.59 Å². The van der Waals surface area contributed by atoms with Crippen LogP contribution in [-0.4, -0.2) is 35.9 Å². The molecule has 0 fully saturated rings. The van der Waals surface area contributed by atoms with Crippen LogP contribution in [0.1, 0.15) is 55.4 Å². The molecule has 1 N–H and O–H groups in total. The van der Waals surface area contributed by atoms with Gasteiger partial charge >= 0.3 is 0 Å². The predicted octanol–water partition coefficient (Wildman–Crippen LogP) is 5.48. The number of nitrogens with one attached hydrogen (secondary N) is 1. The number of aryl methyl sites for hydroxylation is 3. The Kier molecular flexibility index (Phi) is 10.2. The first-order valence-corrected chi connectivity index (χ1v) is 12.1. The summed E-state index contributed by atoms with van der Waals surface area (Å²) in [5.74, 6) is 0.324. The van der Waals surface area contributed by atoms with Crippen molar-refractivity contribution in [1.82, 2.24) is 10.2 Å². The second-order valence-corrected chi connectivity index (χ2v) is 9.03. The maximum Gasteiger partial charge on any atom is 0.261 e. The lowest BCUT2D eigenvalue weighted by molar-refractivity contribution is -0.143. The van der Waals surface area contributed by atoms with Gasteiger partial charge in [0.15, 0.2) is 6.61 Å². The number of hydrogen-bond acceptors (Lipinski definition) is 3. The topological polar surface area (TPSA) is 58.6 Å². The molecule has 0 aliphatic carbocycles. The molecule has 0 spiro atoms. The largest absolute Gasteiger partial charge is 0.484 e. The van der Waals surface area contributed by atoms with Gasteiger partial charge in [-0.3, -0.25) is 9.59 Å². The van der Waals surface area contributed by atoms with Crippen LogP contribution in [0, 0.1) is 20.8 Å². The summed E-state index contributed by atoms with van der Waals surface area (Å²) >= 11 is 3.55. The maximum atomic E-state index is 13.3. The Balaban J connectivity index is 2.20. The molecule has 0 unspecified atom stereocenters. The number of unbranched alkanes of at least 4 members (excludes halogenated alkanes) is 1. The molecule has 2 aromatic carbocycles. The SMILES string of the molecule is CCCCNC(=O)[C@@H](CC)N(Cc1ccc(C)cc1)C(=O)COc1cc(C)c(Br)c(C)c1. The van der Waals surface area contributed by atoms with Crippen molar-refractivity contribution in [2.45, 2.75) is 66.5 Å². The van der Waals surface area contributed by atoms with E-state index >= 15 is 0 Å². The molecule has 0 saturated heterocycles. The van der Waals surface area contributed by atoms with E-state index in [2.05, 4.69) is 28.2 Å². The molecule has 0 bridgehead atoms. The minimum absolute atomic E-state index is 0.114. The van der Waals surface area contributed by atoms with Crippen molar-refractivity contribution >= 4 is 27.7 Å². The fourth-order valence-corrected chi connectivity index (χ4v) is 3.76. The lowest BCUT2D eigenvalue weighted by atomic mass is 10.1. The quantitative estimate of drug-likeness (QED) is 0.414. The summed E-state index contributed by atoms with van der Waals surface area (Å²) in [5, 5.41) is 2.98. The van der Waals surface area contributed by atoms with Crippen molar-refractivity contribution in [3.63, 3.8) is 0 Å². The number of rotatable bonds is 11. The van der Waals surface area contributed by atoms with Gasteiger partial charge in [0.25, 0.3) is 5.91 Å². The first kappa shape index (κ1) is 25.9. The van der Waals surface area contributed by atoms with E-state index in [1.54, 1.807) is 4.90 Å². The highest BCUT2D eigenvalue weighted by Gasteiger charge is 2.28.